The number of nitrogens with zero attached hydrogens (tertiary/aromatic N) is 4. The van der Waals surface area contributed by atoms with Crippen LogP contribution in [0.3, 0.4) is 0 Å². The normalized spacial score (nSPS) is 15.4. The fraction of sp³-hybridized carbons (Fsp3) is 0.350. The van der Waals surface area contributed by atoms with Crippen LogP contribution in [0.25, 0.3) is 11.0 Å². The molecule has 0 bridgehead atoms. The summed E-state index contributed by atoms with van der Waals surface area (Å²) in [4.78, 5) is 28.4. The first kappa shape index (κ1) is 17.5. The van der Waals surface area contributed by atoms with E-state index in [0.717, 1.165) is 60.6 Å². The number of aryl methyl sites for hydroxylation is 1. The average molecular weight is 364 g/mol. The molecule has 0 amide bonds. The van der Waals surface area contributed by atoms with E-state index in [1.54, 1.807) is 0 Å². The number of piperazine rings is 1. The van der Waals surface area contributed by atoms with Gasteiger partial charge >= 0.3 is 0 Å². The lowest BCUT2D eigenvalue weighted by atomic mass is 10.1. The minimum absolute atomic E-state index is 0.0188. The maximum atomic E-state index is 12.0. The Morgan fingerprint density at radius 3 is 2.63 bits per heavy atom. The van der Waals surface area contributed by atoms with E-state index >= 15 is 0 Å². The van der Waals surface area contributed by atoms with E-state index in [2.05, 4.69) is 24.8 Å². The van der Waals surface area contributed by atoms with Gasteiger partial charge in [0.1, 0.15) is 5.82 Å². The third-order valence-electron chi connectivity index (χ3n) is 5.12. The van der Waals surface area contributed by atoms with Crippen LogP contribution in [0.4, 0.5) is 11.5 Å². The summed E-state index contributed by atoms with van der Waals surface area (Å²) in [6.07, 6.45) is 4.46. The molecule has 0 spiro atoms. The molecule has 3 N–H and O–H groups in total. The number of nitrogens with two attached hydrogens (primary N) is 1. The van der Waals surface area contributed by atoms with Gasteiger partial charge in [-0.15, -0.1) is 0 Å². The summed E-state index contributed by atoms with van der Waals surface area (Å²) in [7, 11) is 0. The van der Waals surface area contributed by atoms with Crippen molar-refractivity contribution in [2.75, 3.05) is 36.8 Å². The van der Waals surface area contributed by atoms with Gasteiger partial charge in [-0.05, 0) is 36.2 Å². The Labute approximate surface area is 157 Å². The number of pyridine rings is 3. The number of nitrogen functional groups attached to an aromatic ring is 1. The summed E-state index contributed by atoms with van der Waals surface area (Å²) in [5.74, 6) is 0.547. The van der Waals surface area contributed by atoms with E-state index in [-0.39, 0.29) is 5.56 Å². The van der Waals surface area contributed by atoms with Gasteiger partial charge in [0.25, 0.3) is 5.56 Å². The Morgan fingerprint density at radius 2 is 1.93 bits per heavy atom. The number of aromatic nitrogens is 3. The molecule has 3 aromatic heterocycles. The number of fused-ring (bicyclic) bond motifs is 1. The Bertz CT molecular complexity index is 990. The highest BCUT2D eigenvalue weighted by Gasteiger charge is 2.18. The topological polar surface area (TPSA) is 91.1 Å². The monoisotopic (exact) mass is 364 g/mol. The van der Waals surface area contributed by atoms with Crippen LogP contribution in [-0.2, 0) is 13.0 Å². The first-order chi connectivity index (χ1) is 13.1. The quantitative estimate of drug-likeness (QED) is 0.733. The van der Waals surface area contributed by atoms with E-state index < -0.39 is 0 Å². The zero-order valence-electron chi connectivity index (χ0n) is 15.5. The summed E-state index contributed by atoms with van der Waals surface area (Å²) in [6.45, 7) is 6.63. The van der Waals surface area contributed by atoms with Crippen molar-refractivity contribution in [3.63, 3.8) is 0 Å². The second kappa shape index (κ2) is 7.36. The zero-order chi connectivity index (χ0) is 18.8. The molecule has 4 heterocycles. The standard InChI is InChI=1S/C20H24N6O/c1-2-15-10-17-18(24-20(15)27)9-14(11-22-17)13-25-5-7-26(8-6-25)16-3-4-19(21)23-12-16/h3-4,9-12H,2,5-8,13H2,1H3,(H2,21,23)(H,24,27). The van der Waals surface area contributed by atoms with Gasteiger partial charge in [-0.25, -0.2) is 4.98 Å². The highest BCUT2D eigenvalue weighted by molar-refractivity contribution is 5.74. The molecular formula is C20H24N6O. The number of nitrogens with one attached hydrogen (secondary N) is 1. The molecule has 1 fully saturated rings. The molecule has 3 aromatic rings. The van der Waals surface area contributed by atoms with Gasteiger partial charge in [0.2, 0.25) is 0 Å². The first-order valence-electron chi connectivity index (χ1n) is 9.32. The molecule has 1 saturated heterocycles. The highest BCUT2D eigenvalue weighted by atomic mass is 16.1. The van der Waals surface area contributed by atoms with Gasteiger partial charge in [0, 0.05) is 44.5 Å². The molecule has 0 aromatic carbocycles. The molecule has 0 radical (unpaired) electrons. The van der Waals surface area contributed by atoms with Crippen LogP contribution < -0.4 is 16.2 Å². The predicted molar refractivity (Wildman–Crippen MR) is 108 cm³/mol. The van der Waals surface area contributed by atoms with Crippen LogP contribution in [0.15, 0.2) is 41.5 Å². The van der Waals surface area contributed by atoms with E-state index in [9.17, 15) is 4.79 Å². The minimum atomic E-state index is -0.0188. The summed E-state index contributed by atoms with van der Waals surface area (Å²) in [5.41, 5.74) is 10.3. The average Bonchev–Trinajstić information content (AvgIpc) is 2.69. The lowest BCUT2D eigenvalue weighted by molar-refractivity contribution is 0.249. The van der Waals surface area contributed by atoms with E-state index in [0.29, 0.717) is 12.2 Å². The zero-order valence-corrected chi connectivity index (χ0v) is 15.5. The molecule has 0 saturated carbocycles. The Balaban J connectivity index is 1.42. The van der Waals surface area contributed by atoms with Crippen molar-refractivity contribution in [2.45, 2.75) is 19.9 Å². The van der Waals surface area contributed by atoms with Gasteiger partial charge in [-0.3, -0.25) is 14.7 Å². The second-order valence-corrected chi connectivity index (χ2v) is 6.96. The molecule has 4 rings (SSSR count). The number of H-pyrrole nitrogens is 1. The van der Waals surface area contributed by atoms with E-state index in [4.69, 9.17) is 5.73 Å². The number of anilines is 2. The number of hydrogen-bond donors (Lipinski definition) is 2. The lowest BCUT2D eigenvalue weighted by Gasteiger charge is -2.35. The summed E-state index contributed by atoms with van der Waals surface area (Å²) in [5, 5.41) is 0. The number of hydrogen-bond acceptors (Lipinski definition) is 6. The summed E-state index contributed by atoms with van der Waals surface area (Å²) in [6, 6.07) is 7.79. The second-order valence-electron chi connectivity index (χ2n) is 6.96. The van der Waals surface area contributed by atoms with Crippen molar-refractivity contribution in [1.82, 2.24) is 19.9 Å². The molecule has 0 aliphatic carbocycles. The Kier molecular flexibility index (Phi) is 4.77. The van der Waals surface area contributed by atoms with Gasteiger partial charge in [0.15, 0.2) is 0 Å². The lowest BCUT2D eigenvalue weighted by Crippen LogP contribution is -2.46. The van der Waals surface area contributed by atoms with Crippen molar-refractivity contribution >= 4 is 22.5 Å². The third kappa shape index (κ3) is 3.78. The number of aromatic amines is 1. The largest absolute Gasteiger partial charge is 0.384 e. The van der Waals surface area contributed by atoms with Gasteiger partial charge in [0.05, 0.1) is 22.9 Å². The molecule has 0 atom stereocenters. The molecular weight excluding hydrogens is 340 g/mol. The van der Waals surface area contributed by atoms with Crippen molar-refractivity contribution in [1.29, 1.82) is 0 Å². The molecule has 1 aliphatic heterocycles. The summed E-state index contributed by atoms with van der Waals surface area (Å²) >= 11 is 0. The van der Waals surface area contributed by atoms with Crippen LogP contribution >= 0.6 is 0 Å². The van der Waals surface area contributed by atoms with Gasteiger partial charge in [-0.1, -0.05) is 6.92 Å². The van der Waals surface area contributed by atoms with Gasteiger partial charge < -0.3 is 15.6 Å². The fourth-order valence-electron chi connectivity index (χ4n) is 3.52. The van der Waals surface area contributed by atoms with Crippen molar-refractivity contribution < 1.29 is 0 Å². The predicted octanol–water partition coefficient (Wildman–Crippen LogP) is 1.78. The highest BCUT2D eigenvalue weighted by Crippen LogP contribution is 2.18. The van der Waals surface area contributed by atoms with Crippen molar-refractivity contribution in [3.8, 4) is 0 Å². The Hall–Kier alpha value is -2.93. The molecule has 7 heteroatoms. The smallest absolute Gasteiger partial charge is 0.251 e. The molecule has 0 unspecified atom stereocenters. The van der Waals surface area contributed by atoms with Crippen LogP contribution in [0.5, 0.6) is 0 Å². The minimum Gasteiger partial charge on any atom is -0.384 e. The van der Waals surface area contributed by atoms with Crippen molar-refractivity contribution in [3.05, 3.63) is 58.1 Å². The fourth-order valence-corrected chi connectivity index (χ4v) is 3.52. The number of rotatable bonds is 4. The van der Waals surface area contributed by atoms with Crippen LogP contribution in [0.2, 0.25) is 0 Å². The maximum Gasteiger partial charge on any atom is 0.251 e. The van der Waals surface area contributed by atoms with Crippen molar-refractivity contribution in [2.24, 2.45) is 0 Å². The summed E-state index contributed by atoms with van der Waals surface area (Å²) < 4.78 is 0. The van der Waals surface area contributed by atoms with E-state index in [1.165, 1.54) is 0 Å². The molecule has 140 valence electrons. The van der Waals surface area contributed by atoms with Crippen LogP contribution in [-0.4, -0.2) is 46.0 Å². The van der Waals surface area contributed by atoms with Gasteiger partial charge in [-0.2, -0.15) is 0 Å². The third-order valence-corrected chi connectivity index (χ3v) is 5.12. The molecule has 7 nitrogen and oxygen atoms in total. The Morgan fingerprint density at radius 1 is 1.11 bits per heavy atom. The maximum absolute atomic E-state index is 12.0. The molecule has 27 heavy (non-hydrogen) atoms. The molecule has 1 aliphatic rings. The van der Waals surface area contributed by atoms with Crippen LogP contribution in [0, 0.1) is 0 Å². The van der Waals surface area contributed by atoms with Crippen LogP contribution in [0.1, 0.15) is 18.1 Å². The van der Waals surface area contributed by atoms with E-state index in [1.807, 2.05) is 43.6 Å². The first-order valence-corrected chi connectivity index (χ1v) is 9.32. The SMILES string of the molecule is CCc1cc2ncc(CN3CCN(c4ccc(N)nc4)CC3)cc2[nH]c1=O.